The van der Waals surface area contributed by atoms with Crippen LogP contribution in [0.2, 0.25) is 10.0 Å². The zero-order valence-electron chi connectivity index (χ0n) is 34.3. The molecule has 1 saturated carbocycles. The summed E-state index contributed by atoms with van der Waals surface area (Å²) in [7, 11) is 3.12. The molecule has 6 unspecified atom stereocenters. The lowest BCUT2D eigenvalue weighted by Gasteiger charge is -2.50. The molecule has 5 aromatic rings. The number of nitrogens with zero attached hydrogens (tertiary/aromatic N) is 3. The van der Waals surface area contributed by atoms with Crippen LogP contribution >= 0.6 is 23.2 Å². The summed E-state index contributed by atoms with van der Waals surface area (Å²) in [5.74, 6) is -8.75. The highest BCUT2D eigenvalue weighted by Gasteiger charge is 2.70. The number of phenolic OH excluding ortho intramolecular Hbond substituents is 1. The predicted octanol–water partition coefficient (Wildman–Crippen LogP) is 9.63. The molecular formula is C48H36Cl2F4N4O7. The lowest BCUT2D eigenvalue weighted by Crippen LogP contribution is -2.53. The first-order valence-electron chi connectivity index (χ1n) is 20.3. The number of fused-ring (bicyclic) bond motifs is 4. The van der Waals surface area contributed by atoms with Gasteiger partial charge in [0.15, 0.2) is 17.4 Å². The number of carbonyl (C=O) groups excluding carboxylic acids is 4. The Bertz CT molecular complexity index is 2860. The van der Waals surface area contributed by atoms with Gasteiger partial charge in [0.05, 0.1) is 53.7 Å². The zero-order chi connectivity index (χ0) is 46.1. The summed E-state index contributed by atoms with van der Waals surface area (Å²) in [6.45, 7) is 0. The van der Waals surface area contributed by atoms with E-state index in [1.165, 1.54) is 18.2 Å². The summed E-state index contributed by atoms with van der Waals surface area (Å²) in [6.07, 6.45) is 1.08. The molecule has 0 bridgehead atoms. The Morgan fingerprint density at radius 2 is 1.60 bits per heavy atom. The van der Waals surface area contributed by atoms with Gasteiger partial charge in [-0.3, -0.25) is 29.5 Å². The number of halogens is 6. The Morgan fingerprint density at radius 3 is 2.26 bits per heavy atom. The van der Waals surface area contributed by atoms with Crippen LogP contribution in [0.1, 0.15) is 46.6 Å². The van der Waals surface area contributed by atoms with Crippen LogP contribution in [-0.2, 0) is 30.8 Å². The van der Waals surface area contributed by atoms with Crippen molar-refractivity contribution in [2.45, 2.75) is 30.4 Å². The fourth-order valence-corrected chi connectivity index (χ4v) is 10.3. The standard InChI is InChI=1S/C48H36Cl2F4N4O7/c1-64-31-14-18-39(65-2)25(19-31)6-3-24-4-12-30(13-5-24)57-43(60)33-16-15-32-34(40(33)45(57)62)22-35-44(61)58(56-42-36(50)21-28(23-55-42)48(52,53)54)46(63)47(35,27-8-10-29(49)11-9-27)41(32)26-7-17-38(59)37(51)20-26/h3-15,17-21,23,33-35,40-41,59H,16,22H2,1-2H3,(H,55,56). The van der Waals surface area contributed by atoms with Crippen molar-refractivity contribution in [1.29, 1.82) is 0 Å². The highest BCUT2D eigenvalue weighted by molar-refractivity contribution is 6.33. The Kier molecular flexibility index (Phi) is 11.0. The molecular weight excluding hydrogens is 891 g/mol. The van der Waals surface area contributed by atoms with Gasteiger partial charge in [-0.05, 0) is 96.1 Å². The fourth-order valence-electron chi connectivity index (χ4n) is 10.0. The number of imide groups is 2. The third-order valence-electron chi connectivity index (χ3n) is 12.9. The van der Waals surface area contributed by atoms with Crippen LogP contribution in [0.4, 0.5) is 29.1 Å². The van der Waals surface area contributed by atoms with E-state index < -0.39 is 92.8 Å². The number of benzene rings is 4. The largest absolute Gasteiger partial charge is 0.505 e. The molecule has 0 spiro atoms. The number of allylic oxidation sites excluding steroid dienone is 2. The molecule has 2 N–H and O–H groups in total. The van der Waals surface area contributed by atoms with E-state index in [1.54, 1.807) is 68.8 Å². The Morgan fingerprint density at radius 1 is 0.862 bits per heavy atom. The molecule has 0 radical (unpaired) electrons. The van der Waals surface area contributed by atoms with Gasteiger partial charge < -0.3 is 14.6 Å². The van der Waals surface area contributed by atoms with Crippen LogP contribution < -0.4 is 19.8 Å². The van der Waals surface area contributed by atoms with Crippen LogP contribution in [0.15, 0.2) is 109 Å². The zero-order valence-corrected chi connectivity index (χ0v) is 35.8. The lowest BCUT2D eigenvalue weighted by atomic mass is 9.49. The average Bonchev–Trinajstić information content (AvgIpc) is 3.67. The van der Waals surface area contributed by atoms with E-state index in [0.717, 1.165) is 28.2 Å². The van der Waals surface area contributed by atoms with E-state index >= 15 is 9.18 Å². The van der Waals surface area contributed by atoms with Crippen LogP contribution in [0.3, 0.4) is 0 Å². The predicted molar refractivity (Wildman–Crippen MR) is 232 cm³/mol. The second-order valence-corrected chi connectivity index (χ2v) is 17.0. The molecule has 3 fully saturated rings. The lowest BCUT2D eigenvalue weighted by molar-refractivity contribution is -0.139. The molecule has 4 aromatic carbocycles. The van der Waals surface area contributed by atoms with Crippen molar-refractivity contribution in [2.24, 2.45) is 23.7 Å². The molecule has 3 heterocycles. The molecule has 4 aliphatic rings. The van der Waals surface area contributed by atoms with Crippen molar-refractivity contribution in [3.05, 3.63) is 153 Å². The van der Waals surface area contributed by atoms with E-state index in [-0.39, 0.29) is 24.0 Å². The van der Waals surface area contributed by atoms with Crippen LogP contribution in [-0.4, -0.2) is 52.9 Å². The van der Waals surface area contributed by atoms with Gasteiger partial charge >= 0.3 is 6.18 Å². The molecule has 4 amide bonds. The number of alkyl halides is 3. The maximum atomic E-state index is 15.5. The second kappa shape index (κ2) is 16.4. The van der Waals surface area contributed by atoms with Crippen molar-refractivity contribution >= 4 is 70.5 Å². The number of methoxy groups -OCH3 is 2. The third kappa shape index (κ3) is 7.17. The molecule has 2 aliphatic carbocycles. The summed E-state index contributed by atoms with van der Waals surface area (Å²) in [6, 6.07) is 22.5. The van der Waals surface area contributed by atoms with E-state index in [0.29, 0.717) is 45.1 Å². The summed E-state index contributed by atoms with van der Waals surface area (Å²) >= 11 is 12.6. The quantitative estimate of drug-likeness (QED) is 0.0641. The molecule has 332 valence electrons. The van der Waals surface area contributed by atoms with Gasteiger partial charge in [0.1, 0.15) is 11.5 Å². The number of phenols is 1. The van der Waals surface area contributed by atoms with E-state index in [9.17, 15) is 32.7 Å². The molecule has 17 heteroatoms. The minimum atomic E-state index is -4.79. The van der Waals surface area contributed by atoms with Gasteiger partial charge in [0, 0.05) is 22.7 Å². The summed E-state index contributed by atoms with van der Waals surface area (Å²) < 4.78 is 67.0. The number of ether oxygens (including phenoxy) is 2. The van der Waals surface area contributed by atoms with Gasteiger partial charge in [0.25, 0.3) is 11.8 Å². The Labute approximate surface area is 378 Å². The molecule has 9 rings (SSSR count). The van der Waals surface area contributed by atoms with Crippen LogP contribution in [0, 0.1) is 29.5 Å². The van der Waals surface area contributed by atoms with Crippen molar-refractivity contribution in [2.75, 3.05) is 24.5 Å². The fraction of sp³-hybridized carbons (Fsp3) is 0.229. The van der Waals surface area contributed by atoms with Crippen LogP contribution in [0.25, 0.3) is 12.2 Å². The monoisotopic (exact) mass is 926 g/mol. The molecule has 6 atom stereocenters. The second-order valence-electron chi connectivity index (χ2n) is 16.2. The summed E-state index contributed by atoms with van der Waals surface area (Å²) in [5.41, 5.74) is 2.29. The molecule has 65 heavy (non-hydrogen) atoms. The normalized spacial score (nSPS) is 23.9. The maximum Gasteiger partial charge on any atom is 0.417 e. The van der Waals surface area contributed by atoms with Crippen molar-refractivity contribution < 1.29 is 51.3 Å². The minimum Gasteiger partial charge on any atom is -0.505 e. The highest BCUT2D eigenvalue weighted by Crippen LogP contribution is 2.64. The molecule has 1 aromatic heterocycles. The molecule has 2 aliphatic heterocycles. The number of nitrogens with one attached hydrogen (secondary N) is 1. The van der Waals surface area contributed by atoms with Gasteiger partial charge in [-0.15, -0.1) is 0 Å². The van der Waals surface area contributed by atoms with Gasteiger partial charge in [-0.25, -0.2) is 9.37 Å². The topological polar surface area (TPSA) is 138 Å². The highest BCUT2D eigenvalue weighted by atomic mass is 35.5. The maximum absolute atomic E-state index is 15.5. The van der Waals surface area contributed by atoms with E-state index in [4.69, 9.17) is 32.7 Å². The number of rotatable bonds is 9. The summed E-state index contributed by atoms with van der Waals surface area (Å²) in [4.78, 5) is 64.3. The molecule has 2 saturated heterocycles. The number of amides is 4. The third-order valence-corrected chi connectivity index (χ3v) is 13.4. The van der Waals surface area contributed by atoms with Crippen molar-refractivity contribution in [3.63, 3.8) is 0 Å². The number of hydrogen-bond donors (Lipinski definition) is 2. The van der Waals surface area contributed by atoms with Crippen molar-refractivity contribution in [3.8, 4) is 17.2 Å². The van der Waals surface area contributed by atoms with Gasteiger partial charge in [-0.1, -0.05) is 77.3 Å². The molecule has 11 nitrogen and oxygen atoms in total. The number of pyridine rings is 1. The SMILES string of the molecule is COc1ccc(OC)c(C=Cc2ccc(N3C(=O)C4CC=C5C(CC6C(=O)N(Nc7ncc(C(F)(F)F)cc7Cl)C(=O)C6(c6ccc(Cl)cc6)C5c5ccc(O)c(F)c5)C4C3=O)cc2)c1. The Balaban J connectivity index is 1.11. The number of carbonyl (C=O) groups is 4. The number of hydrogen-bond acceptors (Lipinski definition) is 9. The van der Waals surface area contributed by atoms with E-state index in [2.05, 4.69) is 10.4 Å². The number of hydrazine groups is 1. The average molecular weight is 928 g/mol. The smallest absolute Gasteiger partial charge is 0.417 e. The number of aromatic nitrogens is 1. The number of aromatic hydroxyl groups is 1. The summed E-state index contributed by atoms with van der Waals surface area (Å²) in [5, 5.41) is 10.7. The van der Waals surface area contributed by atoms with Gasteiger partial charge in [0.2, 0.25) is 11.8 Å². The Hall–Kier alpha value is -6.71. The first-order chi connectivity index (χ1) is 31.1. The van der Waals surface area contributed by atoms with Gasteiger partial charge in [-0.2, -0.15) is 18.2 Å². The first-order valence-corrected chi connectivity index (χ1v) is 21.0. The first kappa shape index (κ1) is 43.5. The minimum absolute atomic E-state index is 0.0639. The van der Waals surface area contributed by atoms with E-state index in [1.807, 2.05) is 18.2 Å². The van der Waals surface area contributed by atoms with Crippen molar-refractivity contribution in [1.82, 2.24) is 9.99 Å². The number of anilines is 2. The van der Waals surface area contributed by atoms with Crippen LogP contribution in [0.5, 0.6) is 17.2 Å².